The van der Waals surface area contributed by atoms with Gasteiger partial charge in [-0.05, 0) is 38.3 Å². The van der Waals surface area contributed by atoms with Gasteiger partial charge >= 0.3 is 6.03 Å². The summed E-state index contributed by atoms with van der Waals surface area (Å²) in [6.45, 7) is 1.91. The summed E-state index contributed by atoms with van der Waals surface area (Å²) >= 11 is 0. The van der Waals surface area contributed by atoms with E-state index < -0.39 is 6.10 Å². The highest BCUT2D eigenvalue weighted by Crippen LogP contribution is 2.19. The van der Waals surface area contributed by atoms with Crippen molar-refractivity contribution in [3.63, 3.8) is 0 Å². The number of aliphatic hydroxyl groups excluding tert-OH is 1. The van der Waals surface area contributed by atoms with Gasteiger partial charge in [0.15, 0.2) is 0 Å². The van der Waals surface area contributed by atoms with Crippen LogP contribution in [0.4, 0.5) is 4.79 Å². The van der Waals surface area contributed by atoms with E-state index in [1.54, 1.807) is 0 Å². The molecular weight excluding hydrogens is 318 g/mol. The number of urea groups is 1. The Labute approximate surface area is 149 Å². The summed E-state index contributed by atoms with van der Waals surface area (Å²) in [5.41, 5.74) is 1.30. The molecule has 6 heteroatoms. The molecule has 1 heterocycles. The number of ether oxygens (including phenoxy) is 1. The molecule has 1 aliphatic heterocycles. The molecule has 1 aromatic carbocycles. The first-order valence-electron chi connectivity index (χ1n) is 9.21. The lowest BCUT2D eigenvalue weighted by molar-refractivity contribution is 0.0205. The maximum Gasteiger partial charge on any atom is 0.315 e. The Morgan fingerprint density at radius 1 is 1.28 bits per heavy atom. The number of rotatable bonds is 7. The first kappa shape index (κ1) is 18.2. The van der Waals surface area contributed by atoms with Crippen LogP contribution >= 0.6 is 0 Å². The number of aliphatic hydroxyl groups is 1. The van der Waals surface area contributed by atoms with Crippen LogP contribution in [0.3, 0.4) is 0 Å². The highest BCUT2D eigenvalue weighted by Gasteiger charge is 2.37. The maximum atomic E-state index is 11.9. The van der Waals surface area contributed by atoms with Gasteiger partial charge in [0.25, 0.3) is 0 Å². The summed E-state index contributed by atoms with van der Waals surface area (Å²) in [6.07, 6.45) is 3.29. The number of amides is 2. The molecular formula is C19H29N3O3. The van der Waals surface area contributed by atoms with Crippen molar-refractivity contribution in [1.82, 2.24) is 15.5 Å². The molecule has 1 aliphatic carbocycles. The Morgan fingerprint density at radius 3 is 2.72 bits per heavy atom. The molecule has 3 rings (SSSR count). The van der Waals surface area contributed by atoms with E-state index in [2.05, 4.69) is 27.7 Å². The molecule has 1 saturated carbocycles. The molecule has 2 aliphatic rings. The molecule has 0 bridgehead atoms. The van der Waals surface area contributed by atoms with Gasteiger partial charge in [0.1, 0.15) is 6.10 Å². The average Bonchev–Trinajstić information content (AvgIpc) is 2.90. The van der Waals surface area contributed by atoms with E-state index >= 15 is 0 Å². The Balaban J connectivity index is 1.38. The molecule has 0 radical (unpaired) electrons. The quantitative estimate of drug-likeness (QED) is 0.692. The fourth-order valence-corrected chi connectivity index (χ4v) is 3.28. The normalized spacial score (nSPS) is 26.4. The fraction of sp³-hybridized carbons (Fsp3) is 0.632. The van der Waals surface area contributed by atoms with Crippen molar-refractivity contribution < 1.29 is 14.6 Å². The zero-order chi connectivity index (χ0) is 17.6. The Hall–Kier alpha value is -1.63. The van der Waals surface area contributed by atoms with Crippen molar-refractivity contribution in [3.8, 4) is 0 Å². The molecule has 3 N–H and O–H groups in total. The third-order valence-corrected chi connectivity index (χ3v) is 5.16. The van der Waals surface area contributed by atoms with E-state index in [4.69, 9.17) is 4.74 Å². The second-order valence-electron chi connectivity index (χ2n) is 7.21. The van der Waals surface area contributed by atoms with E-state index in [1.165, 1.54) is 12.0 Å². The average molecular weight is 347 g/mol. The van der Waals surface area contributed by atoms with Crippen molar-refractivity contribution in [1.29, 1.82) is 0 Å². The zero-order valence-corrected chi connectivity index (χ0v) is 14.9. The van der Waals surface area contributed by atoms with E-state index in [0.29, 0.717) is 19.2 Å². The Morgan fingerprint density at radius 2 is 2.04 bits per heavy atom. The first-order chi connectivity index (χ1) is 12.1. The number of hydrogen-bond donors (Lipinski definition) is 3. The van der Waals surface area contributed by atoms with E-state index in [9.17, 15) is 9.90 Å². The number of benzene rings is 1. The number of hydrogen-bond acceptors (Lipinski definition) is 4. The Bertz CT molecular complexity index is 550. The van der Waals surface area contributed by atoms with Crippen molar-refractivity contribution in [3.05, 3.63) is 35.9 Å². The predicted octanol–water partition coefficient (Wildman–Crippen LogP) is 1.14. The zero-order valence-electron chi connectivity index (χ0n) is 14.9. The van der Waals surface area contributed by atoms with Crippen LogP contribution in [0.1, 0.15) is 24.8 Å². The van der Waals surface area contributed by atoms with E-state index in [0.717, 1.165) is 25.8 Å². The standard InChI is InChI=1S/C19H29N3O3/c1-22(11-10-14-6-3-2-4-7-14)12-17-18(23)16(13-25-17)21-19(24)20-15-8-5-9-15/h2-4,6-7,15-18,23H,5,8-13H2,1H3,(H2,20,21,24). The summed E-state index contributed by atoms with van der Waals surface area (Å²) in [5.74, 6) is 0. The minimum Gasteiger partial charge on any atom is -0.388 e. The second-order valence-corrected chi connectivity index (χ2v) is 7.21. The number of nitrogens with one attached hydrogen (secondary N) is 2. The van der Waals surface area contributed by atoms with Crippen LogP contribution in [0.15, 0.2) is 30.3 Å². The first-order valence-corrected chi connectivity index (χ1v) is 9.21. The van der Waals surface area contributed by atoms with Gasteiger partial charge in [-0.15, -0.1) is 0 Å². The van der Waals surface area contributed by atoms with E-state index in [1.807, 2.05) is 25.2 Å². The summed E-state index contributed by atoms with van der Waals surface area (Å²) < 4.78 is 5.71. The topological polar surface area (TPSA) is 73.8 Å². The summed E-state index contributed by atoms with van der Waals surface area (Å²) in [7, 11) is 2.03. The van der Waals surface area contributed by atoms with Gasteiger partial charge in [-0.2, -0.15) is 0 Å². The molecule has 6 nitrogen and oxygen atoms in total. The van der Waals surface area contributed by atoms with Crippen LogP contribution in [0.2, 0.25) is 0 Å². The van der Waals surface area contributed by atoms with Gasteiger partial charge in [0, 0.05) is 19.1 Å². The van der Waals surface area contributed by atoms with Crippen molar-refractivity contribution in [2.75, 3.05) is 26.7 Å². The smallest absolute Gasteiger partial charge is 0.315 e. The monoisotopic (exact) mass is 347 g/mol. The van der Waals surface area contributed by atoms with Crippen LogP contribution in [0, 0.1) is 0 Å². The molecule has 138 valence electrons. The molecule has 3 unspecified atom stereocenters. The third-order valence-electron chi connectivity index (χ3n) is 5.16. The van der Waals surface area contributed by atoms with Gasteiger partial charge < -0.3 is 25.4 Å². The van der Waals surface area contributed by atoms with Crippen LogP contribution < -0.4 is 10.6 Å². The highest BCUT2D eigenvalue weighted by atomic mass is 16.5. The van der Waals surface area contributed by atoms with Crippen LogP contribution in [0.5, 0.6) is 0 Å². The van der Waals surface area contributed by atoms with Crippen LogP contribution in [0.25, 0.3) is 0 Å². The summed E-state index contributed by atoms with van der Waals surface area (Å²) in [5, 5.41) is 16.2. The molecule has 2 fully saturated rings. The molecule has 25 heavy (non-hydrogen) atoms. The number of carbonyl (C=O) groups is 1. The van der Waals surface area contributed by atoms with Gasteiger partial charge in [0.2, 0.25) is 0 Å². The number of carbonyl (C=O) groups excluding carboxylic acids is 1. The molecule has 0 aromatic heterocycles. The second kappa shape index (κ2) is 8.65. The largest absolute Gasteiger partial charge is 0.388 e. The SMILES string of the molecule is CN(CCc1ccccc1)CC1OCC(NC(=O)NC2CCC2)C1O. The Kier molecular flexibility index (Phi) is 6.29. The molecule has 0 spiro atoms. The minimum atomic E-state index is -0.675. The van der Waals surface area contributed by atoms with Crippen molar-refractivity contribution in [2.45, 2.75) is 50.0 Å². The van der Waals surface area contributed by atoms with Gasteiger partial charge in [-0.25, -0.2) is 4.79 Å². The summed E-state index contributed by atoms with van der Waals surface area (Å²) in [6, 6.07) is 10.1. The third kappa shape index (κ3) is 5.17. The van der Waals surface area contributed by atoms with Crippen LogP contribution in [-0.2, 0) is 11.2 Å². The van der Waals surface area contributed by atoms with Gasteiger partial charge in [-0.1, -0.05) is 30.3 Å². The van der Waals surface area contributed by atoms with Gasteiger partial charge in [0.05, 0.1) is 18.8 Å². The minimum absolute atomic E-state index is 0.199. The van der Waals surface area contributed by atoms with Crippen molar-refractivity contribution >= 4 is 6.03 Å². The predicted molar refractivity (Wildman–Crippen MR) is 96.5 cm³/mol. The molecule has 2 amide bonds. The number of nitrogens with zero attached hydrogens (tertiary/aromatic N) is 1. The van der Waals surface area contributed by atoms with Crippen molar-refractivity contribution in [2.24, 2.45) is 0 Å². The lowest BCUT2D eigenvalue weighted by Gasteiger charge is -2.28. The van der Waals surface area contributed by atoms with E-state index in [-0.39, 0.29) is 18.2 Å². The number of likely N-dealkylation sites (N-methyl/N-ethyl adjacent to an activating group) is 1. The van der Waals surface area contributed by atoms with Crippen LogP contribution in [-0.4, -0.2) is 67.1 Å². The fourth-order valence-electron chi connectivity index (χ4n) is 3.28. The molecule has 1 saturated heterocycles. The lowest BCUT2D eigenvalue weighted by Crippen LogP contribution is -2.52. The highest BCUT2D eigenvalue weighted by molar-refractivity contribution is 5.74. The lowest BCUT2D eigenvalue weighted by atomic mass is 9.93. The molecule has 1 aromatic rings. The maximum absolute atomic E-state index is 11.9. The summed E-state index contributed by atoms with van der Waals surface area (Å²) in [4.78, 5) is 14.1. The molecule has 3 atom stereocenters. The van der Waals surface area contributed by atoms with Gasteiger partial charge in [-0.3, -0.25) is 0 Å².